The molecule has 0 bridgehead atoms. The Morgan fingerprint density at radius 3 is 2.50 bits per heavy atom. The summed E-state index contributed by atoms with van der Waals surface area (Å²) in [7, 11) is 4.98. The molecule has 1 fully saturated rings. The summed E-state index contributed by atoms with van der Waals surface area (Å²) >= 11 is 0. The van der Waals surface area contributed by atoms with E-state index >= 15 is 0 Å². The lowest BCUT2D eigenvalue weighted by molar-refractivity contribution is 0.0783. The number of hydrogen-bond acceptors (Lipinski definition) is 10. The van der Waals surface area contributed by atoms with E-state index in [4.69, 9.17) is 20.2 Å². The van der Waals surface area contributed by atoms with Gasteiger partial charge in [-0.15, -0.1) is 0 Å². The SMILES string of the molecule is COc1cccc(-n2c(=O)c(C(=O)Nc3ccc(-c4nc(-c5ccc(N6CC(OC)C6)nc5)cnc4N)nc3)c(C)n2C)c1. The predicted octanol–water partition coefficient (Wildman–Crippen LogP) is 3.08. The van der Waals surface area contributed by atoms with Gasteiger partial charge in [0.05, 0.1) is 54.1 Å². The quantitative estimate of drug-likeness (QED) is 0.274. The maximum absolute atomic E-state index is 13.3. The van der Waals surface area contributed by atoms with Crippen molar-refractivity contribution in [3.05, 3.63) is 88.7 Å². The lowest BCUT2D eigenvalue weighted by Crippen LogP contribution is -2.52. The van der Waals surface area contributed by atoms with Gasteiger partial charge in [-0.2, -0.15) is 0 Å². The molecule has 0 radical (unpaired) electrons. The Kier molecular flexibility index (Phi) is 7.53. The maximum atomic E-state index is 13.3. The van der Waals surface area contributed by atoms with Crippen LogP contribution in [0.15, 0.2) is 71.9 Å². The van der Waals surface area contributed by atoms with Crippen LogP contribution in [-0.4, -0.2) is 68.6 Å². The van der Waals surface area contributed by atoms with Crippen LogP contribution in [0.4, 0.5) is 17.3 Å². The Bertz CT molecular complexity index is 1890. The number of anilines is 3. The van der Waals surface area contributed by atoms with Gasteiger partial charge in [-0.25, -0.2) is 19.6 Å². The molecule has 1 saturated heterocycles. The highest BCUT2D eigenvalue weighted by molar-refractivity contribution is 6.05. The molecule has 224 valence electrons. The zero-order valence-corrected chi connectivity index (χ0v) is 24.7. The van der Waals surface area contributed by atoms with Gasteiger partial charge in [0, 0.05) is 45.1 Å². The number of amides is 1. The van der Waals surface area contributed by atoms with Gasteiger partial charge in [-0.3, -0.25) is 19.3 Å². The summed E-state index contributed by atoms with van der Waals surface area (Å²) in [5.74, 6) is 1.13. The number of aromatic nitrogens is 6. The van der Waals surface area contributed by atoms with Gasteiger partial charge in [0.15, 0.2) is 5.82 Å². The van der Waals surface area contributed by atoms with E-state index in [0.29, 0.717) is 39.9 Å². The second kappa shape index (κ2) is 11.6. The summed E-state index contributed by atoms with van der Waals surface area (Å²) in [5.41, 5.74) is 9.47. The highest BCUT2D eigenvalue weighted by Crippen LogP contribution is 2.27. The fraction of sp³-hybridized carbons (Fsp3) is 0.226. The van der Waals surface area contributed by atoms with E-state index in [2.05, 4.69) is 25.2 Å². The topological polar surface area (TPSA) is 155 Å². The van der Waals surface area contributed by atoms with Crippen LogP contribution < -0.4 is 26.2 Å². The van der Waals surface area contributed by atoms with E-state index in [1.165, 1.54) is 10.9 Å². The molecule has 1 aromatic carbocycles. The van der Waals surface area contributed by atoms with Crippen molar-refractivity contribution in [3.63, 3.8) is 0 Å². The number of methoxy groups -OCH3 is 2. The molecule has 1 amide bonds. The summed E-state index contributed by atoms with van der Waals surface area (Å²) < 4.78 is 13.7. The normalized spacial score (nSPS) is 13.0. The summed E-state index contributed by atoms with van der Waals surface area (Å²) in [4.78, 5) is 46.8. The Morgan fingerprint density at radius 2 is 1.82 bits per heavy atom. The molecule has 4 aromatic heterocycles. The second-order valence-electron chi connectivity index (χ2n) is 10.3. The number of nitrogens with zero attached hydrogens (tertiary/aromatic N) is 7. The van der Waals surface area contributed by atoms with Crippen molar-refractivity contribution in [2.75, 3.05) is 43.3 Å². The zero-order valence-electron chi connectivity index (χ0n) is 24.7. The summed E-state index contributed by atoms with van der Waals surface area (Å²) in [5, 5.41) is 2.78. The molecule has 3 N–H and O–H groups in total. The Balaban J connectivity index is 1.20. The van der Waals surface area contributed by atoms with E-state index in [-0.39, 0.29) is 17.5 Å². The van der Waals surface area contributed by atoms with Crippen molar-refractivity contribution in [1.29, 1.82) is 0 Å². The van der Waals surface area contributed by atoms with Gasteiger partial charge < -0.3 is 25.4 Å². The van der Waals surface area contributed by atoms with Crippen LogP contribution in [0.25, 0.3) is 28.3 Å². The number of nitrogen functional groups attached to an aromatic ring is 1. The van der Waals surface area contributed by atoms with Gasteiger partial charge in [-0.1, -0.05) is 6.07 Å². The summed E-state index contributed by atoms with van der Waals surface area (Å²) in [6.07, 6.45) is 5.06. The number of benzene rings is 1. The minimum atomic E-state index is -0.549. The largest absolute Gasteiger partial charge is 0.497 e. The second-order valence-corrected chi connectivity index (χ2v) is 10.3. The molecule has 6 rings (SSSR count). The molecule has 44 heavy (non-hydrogen) atoms. The summed E-state index contributed by atoms with van der Waals surface area (Å²) in [6, 6.07) is 14.3. The van der Waals surface area contributed by atoms with E-state index in [1.54, 1.807) is 81.7 Å². The Labute approximate surface area is 252 Å². The fourth-order valence-corrected chi connectivity index (χ4v) is 5.03. The minimum absolute atomic E-state index is 0.0226. The molecule has 13 heteroatoms. The monoisotopic (exact) mass is 593 g/mol. The molecular formula is C31H31N9O4. The van der Waals surface area contributed by atoms with Crippen molar-refractivity contribution in [1.82, 2.24) is 29.3 Å². The third kappa shape index (κ3) is 5.24. The van der Waals surface area contributed by atoms with Crippen molar-refractivity contribution in [3.8, 4) is 34.1 Å². The number of carbonyl (C=O) groups excluding carboxylic acids is 1. The van der Waals surface area contributed by atoms with Gasteiger partial charge in [0.1, 0.15) is 22.8 Å². The van der Waals surface area contributed by atoms with Crippen LogP contribution in [0.3, 0.4) is 0 Å². The molecule has 0 unspecified atom stereocenters. The van der Waals surface area contributed by atoms with Crippen molar-refractivity contribution >= 4 is 23.2 Å². The van der Waals surface area contributed by atoms with Crippen LogP contribution in [-0.2, 0) is 11.8 Å². The first kappa shape index (κ1) is 28.6. The van der Waals surface area contributed by atoms with Gasteiger partial charge in [0.25, 0.3) is 11.5 Å². The van der Waals surface area contributed by atoms with E-state index in [0.717, 1.165) is 24.5 Å². The number of nitrogens with two attached hydrogens (primary N) is 1. The first-order chi connectivity index (χ1) is 21.3. The number of carbonyl (C=O) groups is 1. The highest BCUT2D eigenvalue weighted by atomic mass is 16.5. The third-order valence-electron chi connectivity index (χ3n) is 7.69. The average molecular weight is 594 g/mol. The highest BCUT2D eigenvalue weighted by Gasteiger charge is 2.27. The first-order valence-corrected chi connectivity index (χ1v) is 13.8. The molecular weight excluding hydrogens is 562 g/mol. The molecule has 0 atom stereocenters. The van der Waals surface area contributed by atoms with Crippen molar-refractivity contribution < 1.29 is 14.3 Å². The fourth-order valence-electron chi connectivity index (χ4n) is 5.03. The minimum Gasteiger partial charge on any atom is -0.497 e. The van der Waals surface area contributed by atoms with Gasteiger partial charge >= 0.3 is 0 Å². The molecule has 5 heterocycles. The van der Waals surface area contributed by atoms with Crippen LogP contribution in [0, 0.1) is 6.92 Å². The number of rotatable bonds is 8. The Hall–Kier alpha value is -5.56. The molecule has 13 nitrogen and oxygen atoms in total. The molecule has 0 aliphatic carbocycles. The van der Waals surface area contributed by atoms with Crippen LogP contribution >= 0.6 is 0 Å². The molecule has 1 aliphatic heterocycles. The van der Waals surface area contributed by atoms with Crippen molar-refractivity contribution in [2.24, 2.45) is 7.05 Å². The van der Waals surface area contributed by atoms with E-state index in [1.807, 2.05) is 12.1 Å². The first-order valence-electron chi connectivity index (χ1n) is 13.8. The van der Waals surface area contributed by atoms with Crippen LogP contribution in [0.2, 0.25) is 0 Å². The number of hydrogen-bond donors (Lipinski definition) is 2. The smallest absolute Gasteiger partial charge is 0.284 e. The molecule has 1 aliphatic rings. The standard InChI is InChI=1S/C31H31N9O4/c1-18-27(31(42)40(38(18)2)21-6-5-7-22(12-21)43-3)30(41)36-20-9-10-24(33-14-20)28-29(32)35-15-25(37-28)19-8-11-26(34-13-19)39-16-23(17-39)44-4/h5-15,23H,16-17H2,1-4H3,(H2,32,35)(H,36,41). The van der Waals surface area contributed by atoms with Crippen LogP contribution in [0.1, 0.15) is 16.1 Å². The Morgan fingerprint density at radius 1 is 1.00 bits per heavy atom. The van der Waals surface area contributed by atoms with Gasteiger partial charge in [0.2, 0.25) is 0 Å². The lowest BCUT2D eigenvalue weighted by Gasteiger charge is -2.38. The molecule has 0 spiro atoms. The number of ether oxygens (including phenoxy) is 2. The lowest BCUT2D eigenvalue weighted by atomic mass is 10.1. The predicted molar refractivity (Wildman–Crippen MR) is 166 cm³/mol. The average Bonchev–Trinajstić information content (AvgIpc) is 3.24. The third-order valence-corrected chi connectivity index (χ3v) is 7.69. The number of nitrogens with one attached hydrogen (secondary N) is 1. The van der Waals surface area contributed by atoms with Crippen LogP contribution in [0.5, 0.6) is 5.75 Å². The molecule has 5 aromatic rings. The molecule has 0 saturated carbocycles. The van der Waals surface area contributed by atoms with E-state index < -0.39 is 11.5 Å². The maximum Gasteiger partial charge on any atom is 0.284 e. The van der Waals surface area contributed by atoms with Gasteiger partial charge in [-0.05, 0) is 43.3 Å². The van der Waals surface area contributed by atoms with Crippen molar-refractivity contribution in [2.45, 2.75) is 13.0 Å². The zero-order chi connectivity index (χ0) is 31.0. The van der Waals surface area contributed by atoms with E-state index in [9.17, 15) is 9.59 Å². The number of pyridine rings is 2. The summed E-state index contributed by atoms with van der Waals surface area (Å²) in [6.45, 7) is 3.33.